The van der Waals surface area contributed by atoms with Gasteiger partial charge in [-0.25, -0.2) is 9.78 Å². The van der Waals surface area contributed by atoms with Crippen LogP contribution in [0.5, 0.6) is 0 Å². The molecule has 4 aromatic carbocycles. The average Bonchev–Trinajstić information content (AvgIpc) is 2.93. The molecule has 0 aliphatic heterocycles. The molecule has 0 spiro atoms. The van der Waals surface area contributed by atoms with Gasteiger partial charge in [0.15, 0.2) is 0 Å². The molecule has 0 saturated heterocycles. The zero-order valence-corrected chi connectivity index (χ0v) is 19.3. The van der Waals surface area contributed by atoms with Crippen LogP contribution in [-0.4, -0.2) is 21.8 Å². The van der Waals surface area contributed by atoms with Crippen LogP contribution in [0.2, 0.25) is 0 Å². The fraction of sp³-hybridized carbons (Fsp3) is 0. The van der Waals surface area contributed by atoms with Crippen molar-refractivity contribution in [3.05, 3.63) is 133 Å². The van der Waals surface area contributed by atoms with E-state index in [4.69, 9.17) is 0 Å². The van der Waals surface area contributed by atoms with Crippen molar-refractivity contribution in [2.75, 3.05) is 4.90 Å². The average molecular weight is 471 g/mol. The third-order valence-electron chi connectivity index (χ3n) is 5.80. The Kier molecular flexibility index (Phi) is 6.36. The predicted molar refractivity (Wildman–Crippen MR) is 143 cm³/mol. The predicted octanol–water partition coefficient (Wildman–Crippen LogP) is 6.90. The minimum Gasteiger partial charge on any atom is -0.475 e. The number of carboxylic acids is 1. The van der Waals surface area contributed by atoms with Crippen molar-refractivity contribution in [3.8, 4) is 0 Å². The molecule has 1 aromatic heterocycles. The molecule has 0 radical (unpaired) electrons. The number of hydrogen-bond donors (Lipinski definition) is 1. The summed E-state index contributed by atoms with van der Waals surface area (Å²) < 4.78 is 0. The number of carbonyl (C=O) groups excluding carboxylic acids is 1. The third-order valence-corrected chi connectivity index (χ3v) is 5.80. The maximum Gasteiger partial charge on any atom is 0.377 e. The summed E-state index contributed by atoms with van der Waals surface area (Å²) in [6, 6.07) is 38.7. The summed E-state index contributed by atoms with van der Waals surface area (Å²) in [6.07, 6.45) is 1.58. The van der Waals surface area contributed by atoms with E-state index >= 15 is 0 Å². The Balaban J connectivity index is 1.55. The lowest BCUT2D eigenvalue weighted by Crippen LogP contribution is -2.15. The largest absolute Gasteiger partial charge is 0.475 e. The lowest BCUT2D eigenvalue weighted by atomic mass is 10.0. The number of hydrogen-bond acceptors (Lipinski definition) is 4. The molecule has 5 nitrogen and oxygen atoms in total. The van der Waals surface area contributed by atoms with Gasteiger partial charge in [-0.2, -0.15) is 0 Å². The molecule has 0 unspecified atom stereocenters. The van der Waals surface area contributed by atoms with Crippen molar-refractivity contribution in [2.24, 2.45) is 0 Å². The summed E-state index contributed by atoms with van der Waals surface area (Å²) >= 11 is 0. The summed E-state index contributed by atoms with van der Waals surface area (Å²) in [6.45, 7) is 0. The highest BCUT2D eigenvalue weighted by atomic mass is 16.4. The monoisotopic (exact) mass is 470 g/mol. The second-order valence-corrected chi connectivity index (χ2v) is 8.18. The zero-order valence-electron chi connectivity index (χ0n) is 19.3. The van der Waals surface area contributed by atoms with E-state index in [9.17, 15) is 14.7 Å². The van der Waals surface area contributed by atoms with Gasteiger partial charge in [0.25, 0.3) is 5.78 Å². The van der Waals surface area contributed by atoms with E-state index in [0.717, 1.165) is 22.4 Å². The maximum absolute atomic E-state index is 12.6. The highest BCUT2D eigenvalue weighted by Crippen LogP contribution is 2.34. The Hall–Kier alpha value is -5.03. The van der Waals surface area contributed by atoms with Crippen molar-refractivity contribution < 1.29 is 14.7 Å². The molecule has 0 aliphatic carbocycles. The molecule has 174 valence electrons. The number of benzene rings is 4. The van der Waals surface area contributed by atoms with Crippen molar-refractivity contribution >= 4 is 51.4 Å². The number of ketones is 1. The number of rotatable bonds is 7. The molecule has 5 heteroatoms. The van der Waals surface area contributed by atoms with Gasteiger partial charge < -0.3 is 10.0 Å². The van der Waals surface area contributed by atoms with Gasteiger partial charge in [-0.1, -0.05) is 72.8 Å². The summed E-state index contributed by atoms with van der Waals surface area (Å²) in [7, 11) is 0. The number of carboxylic acid groups (broad SMARTS) is 1. The number of nitrogens with zero attached hydrogens (tertiary/aromatic N) is 2. The molecule has 1 heterocycles. The molecule has 0 bridgehead atoms. The van der Waals surface area contributed by atoms with Gasteiger partial charge in [0.1, 0.15) is 0 Å². The van der Waals surface area contributed by atoms with Gasteiger partial charge in [-0.05, 0) is 60.2 Å². The lowest BCUT2D eigenvalue weighted by molar-refractivity contribution is -0.146. The Morgan fingerprint density at radius 1 is 0.639 bits per heavy atom. The zero-order chi connectivity index (χ0) is 24.9. The SMILES string of the molecule is O=C(O)C(=O)C(=Cc1ccc(N(c2ccccc2)c2ccccc2)cc1)c1ccc2ccccc2n1. The molecular weight excluding hydrogens is 448 g/mol. The van der Waals surface area contributed by atoms with Gasteiger partial charge in [-0.3, -0.25) is 4.79 Å². The second-order valence-electron chi connectivity index (χ2n) is 8.18. The molecule has 1 N–H and O–H groups in total. The van der Waals surface area contributed by atoms with Crippen LogP contribution in [0.3, 0.4) is 0 Å². The van der Waals surface area contributed by atoms with E-state index in [-0.39, 0.29) is 5.57 Å². The van der Waals surface area contributed by atoms with Crippen LogP contribution in [0.1, 0.15) is 11.3 Å². The minimum atomic E-state index is -1.52. The summed E-state index contributed by atoms with van der Waals surface area (Å²) in [5, 5.41) is 10.4. The molecule has 0 fully saturated rings. The first-order chi connectivity index (χ1) is 17.6. The van der Waals surface area contributed by atoms with Crippen LogP contribution in [0.4, 0.5) is 17.1 Å². The number of para-hydroxylation sites is 3. The van der Waals surface area contributed by atoms with E-state index in [0.29, 0.717) is 16.8 Å². The van der Waals surface area contributed by atoms with E-state index < -0.39 is 11.8 Å². The first kappa shape index (κ1) is 22.7. The maximum atomic E-state index is 12.6. The van der Waals surface area contributed by atoms with Crippen molar-refractivity contribution in [3.63, 3.8) is 0 Å². The van der Waals surface area contributed by atoms with Crippen LogP contribution in [-0.2, 0) is 9.59 Å². The number of Topliss-reactive ketones (excluding diaryl/α,β-unsaturated/α-hetero) is 1. The minimum absolute atomic E-state index is 0.0315. The highest BCUT2D eigenvalue weighted by molar-refractivity contribution is 6.52. The van der Waals surface area contributed by atoms with Gasteiger partial charge in [0, 0.05) is 22.4 Å². The standard InChI is InChI=1S/C31H22N2O3/c34-30(31(35)36)27(29-20-17-23-9-7-8-14-28(23)32-29)21-22-15-18-26(19-16-22)33(24-10-3-1-4-11-24)25-12-5-2-6-13-25/h1-21H,(H,35,36). The molecule has 5 aromatic rings. The van der Waals surface area contributed by atoms with Crippen LogP contribution in [0.25, 0.3) is 22.6 Å². The Morgan fingerprint density at radius 2 is 1.19 bits per heavy atom. The number of pyridine rings is 1. The van der Waals surface area contributed by atoms with Crippen molar-refractivity contribution in [2.45, 2.75) is 0 Å². The van der Waals surface area contributed by atoms with Crippen LogP contribution >= 0.6 is 0 Å². The first-order valence-corrected chi connectivity index (χ1v) is 11.5. The fourth-order valence-corrected chi connectivity index (χ4v) is 4.07. The number of aliphatic carboxylic acids is 1. The van der Waals surface area contributed by atoms with Gasteiger partial charge in [0.05, 0.1) is 16.8 Å². The normalized spacial score (nSPS) is 11.3. The quantitative estimate of drug-likeness (QED) is 0.207. The Morgan fingerprint density at radius 3 is 1.81 bits per heavy atom. The molecule has 0 atom stereocenters. The molecule has 36 heavy (non-hydrogen) atoms. The molecule has 0 aliphatic rings. The molecular formula is C31H22N2O3. The molecule has 0 saturated carbocycles. The van der Waals surface area contributed by atoms with E-state index in [1.54, 1.807) is 12.1 Å². The van der Waals surface area contributed by atoms with Crippen LogP contribution < -0.4 is 4.90 Å². The third kappa shape index (κ3) is 4.76. The number of carbonyl (C=O) groups is 2. The Labute approximate surface area is 208 Å². The highest BCUT2D eigenvalue weighted by Gasteiger charge is 2.21. The van der Waals surface area contributed by atoms with Crippen LogP contribution in [0, 0.1) is 0 Å². The van der Waals surface area contributed by atoms with Gasteiger partial charge >= 0.3 is 5.97 Å². The molecule has 5 rings (SSSR count). The van der Waals surface area contributed by atoms with E-state index in [1.165, 1.54) is 0 Å². The van der Waals surface area contributed by atoms with Crippen molar-refractivity contribution in [1.29, 1.82) is 0 Å². The summed E-state index contributed by atoms with van der Waals surface area (Å²) in [5.41, 5.74) is 4.68. The summed E-state index contributed by atoms with van der Waals surface area (Å²) in [4.78, 5) is 30.9. The molecule has 0 amide bonds. The van der Waals surface area contributed by atoms with Crippen LogP contribution in [0.15, 0.2) is 121 Å². The van der Waals surface area contributed by atoms with E-state index in [2.05, 4.69) is 9.88 Å². The summed E-state index contributed by atoms with van der Waals surface area (Å²) in [5.74, 6) is -2.52. The number of fused-ring (bicyclic) bond motifs is 1. The van der Waals surface area contributed by atoms with Gasteiger partial charge in [-0.15, -0.1) is 0 Å². The topological polar surface area (TPSA) is 70.5 Å². The Bertz CT molecular complexity index is 1520. The van der Waals surface area contributed by atoms with Gasteiger partial charge in [0.2, 0.25) is 0 Å². The van der Waals surface area contributed by atoms with E-state index in [1.807, 2.05) is 115 Å². The van der Waals surface area contributed by atoms with Crippen molar-refractivity contribution in [1.82, 2.24) is 4.98 Å². The second kappa shape index (κ2) is 10.1. The fourth-order valence-electron chi connectivity index (χ4n) is 4.07. The number of anilines is 3. The number of aromatic nitrogens is 1. The lowest BCUT2D eigenvalue weighted by Gasteiger charge is -2.25. The smallest absolute Gasteiger partial charge is 0.377 e. The first-order valence-electron chi connectivity index (χ1n) is 11.5.